The molecule has 1 aliphatic heterocycles. The first-order chi connectivity index (χ1) is 13.9. The van der Waals surface area contributed by atoms with Gasteiger partial charge in [-0.05, 0) is 49.4 Å². The summed E-state index contributed by atoms with van der Waals surface area (Å²) in [6.07, 6.45) is 1.88. The van der Waals surface area contributed by atoms with E-state index < -0.39 is 15.9 Å². The number of piperidine rings is 1. The van der Waals surface area contributed by atoms with Gasteiger partial charge in [-0.1, -0.05) is 25.1 Å². The Morgan fingerprint density at radius 3 is 2.62 bits per heavy atom. The largest absolute Gasteiger partial charge is 0.465 e. The lowest BCUT2D eigenvalue weighted by atomic mass is 9.93. The van der Waals surface area contributed by atoms with Crippen LogP contribution < -0.4 is 10.2 Å². The molecule has 2 aromatic rings. The highest BCUT2D eigenvalue weighted by Crippen LogP contribution is 2.27. The molecule has 0 bridgehead atoms. The molecular formula is C21H27N3O4S. The summed E-state index contributed by atoms with van der Waals surface area (Å²) in [7, 11) is -3.26. The molecule has 1 fully saturated rings. The van der Waals surface area contributed by atoms with Crippen LogP contribution in [0, 0.1) is 5.92 Å². The Morgan fingerprint density at radius 1 is 1.21 bits per heavy atom. The summed E-state index contributed by atoms with van der Waals surface area (Å²) in [6.45, 7) is 3.88. The number of hydrogen-bond donors (Lipinski definition) is 2. The molecule has 0 saturated carbocycles. The van der Waals surface area contributed by atoms with Gasteiger partial charge in [0.15, 0.2) is 9.84 Å². The zero-order valence-corrected chi connectivity index (χ0v) is 17.4. The minimum absolute atomic E-state index is 0.0703. The number of nitrogens with zero attached hydrogens (tertiary/aromatic N) is 2. The van der Waals surface area contributed by atoms with Gasteiger partial charge in [0, 0.05) is 25.2 Å². The van der Waals surface area contributed by atoms with Crippen molar-refractivity contribution in [2.75, 3.05) is 30.3 Å². The van der Waals surface area contributed by atoms with E-state index in [2.05, 4.69) is 10.2 Å². The van der Waals surface area contributed by atoms with Gasteiger partial charge in [-0.2, -0.15) is 0 Å². The van der Waals surface area contributed by atoms with Crippen molar-refractivity contribution in [3.05, 3.63) is 42.5 Å². The van der Waals surface area contributed by atoms with Crippen molar-refractivity contribution in [3.8, 4) is 11.3 Å². The summed E-state index contributed by atoms with van der Waals surface area (Å²) >= 11 is 0. The van der Waals surface area contributed by atoms with Gasteiger partial charge >= 0.3 is 6.09 Å². The zero-order valence-electron chi connectivity index (χ0n) is 16.5. The number of rotatable bonds is 7. The van der Waals surface area contributed by atoms with E-state index in [4.69, 9.17) is 10.1 Å². The van der Waals surface area contributed by atoms with Crippen molar-refractivity contribution in [2.45, 2.75) is 31.1 Å². The standard InChI is InChI=1S/C21H27N3O4S/c1-2-29(27,28)18-6-3-5-17(15-18)19-7-4-8-20(23-19)24-13-10-16(11-14-24)9-12-22-21(25)26/h3-8,15-16,22H,2,9-14H2,1H3,(H,25,26). The molecule has 0 aliphatic carbocycles. The fraction of sp³-hybridized carbons (Fsp3) is 0.429. The van der Waals surface area contributed by atoms with Crippen LogP contribution in [-0.2, 0) is 9.84 Å². The third-order valence-electron chi connectivity index (χ3n) is 5.37. The lowest BCUT2D eigenvalue weighted by Gasteiger charge is -2.33. The molecule has 2 heterocycles. The fourth-order valence-corrected chi connectivity index (χ4v) is 4.54. The third kappa shape index (κ3) is 5.47. The molecular weight excluding hydrogens is 390 g/mol. The molecule has 0 radical (unpaired) electrons. The summed E-state index contributed by atoms with van der Waals surface area (Å²) in [6, 6.07) is 12.8. The van der Waals surface area contributed by atoms with Crippen LogP contribution in [0.4, 0.5) is 10.6 Å². The SMILES string of the molecule is CCS(=O)(=O)c1cccc(-c2cccc(N3CCC(CCNC(=O)O)CC3)n2)c1. The van der Waals surface area contributed by atoms with E-state index in [0.717, 1.165) is 49.4 Å². The molecule has 0 atom stereocenters. The van der Waals surface area contributed by atoms with Crippen molar-refractivity contribution < 1.29 is 18.3 Å². The topological polar surface area (TPSA) is 99.6 Å². The van der Waals surface area contributed by atoms with Crippen molar-refractivity contribution in [2.24, 2.45) is 5.92 Å². The normalized spacial score (nSPS) is 15.3. The van der Waals surface area contributed by atoms with Crippen LogP contribution in [0.3, 0.4) is 0 Å². The van der Waals surface area contributed by atoms with Crippen LogP contribution in [0.5, 0.6) is 0 Å². The monoisotopic (exact) mass is 417 g/mol. The maximum absolute atomic E-state index is 12.2. The first kappa shape index (κ1) is 21.1. The summed E-state index contributed by atoms with van der Waals surface area (Å²) in [4.78, 5) is 17.9. The number of aromatic nitrogens is 1. The van der Waals surface area contributed by atoms with Crippen LogP contribution >= 0.6 is 0 Å². The van der Waals surface area contributed by atoms with Gasteiger partial charge in [-0.25, -0.2) is 18.2 Å². The first-order valence-electron chi connectivity index (χ1n) is 9.91. The summed E-state index contributed by atoms with van der Waals surface area (Å²) in [5, 5.41) is 11.1. The van der Waals surface area contributed by atoms with E-state index in [-0.39, 0.29) is 5.75 Å². The maximum atomic E-state index is 12.2. The molecule has 1 amide bonds. The second-order valence-corrected chi connectivity index (χ2v) is 9.54. The van der Waals surface area contributed by atoms with Gasteiger partial charge in [0.25, 0.3) is 0 Å². The van der Waals surface area contributed by atoms with Gasteiger partial charge in [0.1, 0.15) is 5.82 Å². The maximum Gasteiger partial charge on any atom is 0.404 e. The predicted octanol–water partition coefficient (Wildman–Crippen LogP) is 3.42. The Kier molecular flexibility index (Phi) is 6.74. The average Bonchev–Trinajstić information content (AvgIpc) is 2.74. The Balaban J connectivity index is 1.68. The van der Waals surface area contributed by atoms with Gasteiger partial charge in [0.2, 0.25) is 0 Å². The second-order valence-electron chi connectivity index (χ2n) is 7.26. The quantitative estimate of drug-likeness (QED) is 0.716. The lowest BCUT2D eigenvalue weighted by molar-refractivity contribution is 0.193. The Morgan fingerprint density at radius 2 is 1.93 bits per heavy atom. The van der Waals surface area contributed by atoms with E-state index in [9.17, 15) is 13.2 Å². The zero-order chi connectivity index (χ0) is 20.9. The van der Waals surface area contributed by atoms with Gasteiger partial charge in [-0.3, -0.25) is 0 Å². The Hall–Kier alpha value is -2.61. The van der Waals surface area contributed by atoms with Crippen molar-refractivity contribution >= 4 is 21.7 Å². The molecule has 0 unspecified atom stereocenters. The van der Waals surface area contributed by atoms with Crippen molar-refractivity contribution in [1.82, 2.24) is 10.3 Å². The second kappa shape index (κ2) is 9.26. The number of sulfone groups is 1. The molecule has 2 N–H and O–H groups in total. The van der Waals surface area contributed by atoms with Crippen molar-refractivity contribution in [3.63, 3.8) is 0 Å². The fourth-order valence-electron chi connectivity index (χ4n) is 3.61. The van der Waals surface area contributed by atoms with Gasteiger partial charge in [-0.15, -0.1) is 0 Å². The average molecular weight is 418 g/mol. The molecule has 1 saturated heterocycles. The minimum Gasteiger partial charge on any atom is -0.465 e. The summed E-state index contributed by atoms with van der Waals surface area (Å²) in [5.41, 5.74) is 1.54. The highest BCUT2D eigenvalue weighted by molar-refractivity contribution is 7.91. The first-order valence-corrected chi connectivity index (χ1v) is 11.6. The van der Waals surface area contributed by atoms with E-state index >= 15 is 0 Å². The van der Waals surface area contributed by atoms with Crippen LogP contribution in [0.1, 0.15) is 26.2 Å². The molecule has 1 aromatic heterocycles. The summed E-state index contributed by atoms with van der Waals surface area (Å²) < 4.78 is 24.4. The number of carbonyl (C=O) groups is 1. The number of anilines is 1. The number of hydrogen-bond acceptors (Lipinski definition) is 5. The van der Waals surface area contributed by atoms with Crippen LogP contribution in [0.25, 0.3) is 11.3 Å². The van der Waals surface area contributed by atoms with E-state index in [0.29, 0.717) is 17.4 Å². The van der Waals surface area contributed by atoms with Crippen molar-refractivity contribution in [1.29, 1.82) is 0 Å². The molecule has 7 nitrogen and oxygen atoms in total. The Bertz CT molecular complexity index is 954. The van der Waals surface area contributed by atoms with Crippen LogP contribution in [0.15, 0.2) is 47.4 Å². The predicted molar refractivity (Wildman–Crippen MR) is 113 cm³/mol. The molecule has 29 heavy (non-hydrogen) atoms. The highest BCUT2D eigenvalue weighted by atomic mass is 32.2. The smallest absolute Gasteiger partial charge is 0.404 e. The number of amides is 1. The van der Waals surface area contributed by atoms with Gasteiger partial charge < -0.3 is 15.3 Å². The summed E-state index contributed by atoms with van der Waals surface area (Å²) in [5.74, 6) is 1.46. The number of benzene rings is 1. The highest BCUT2D eigenvalue weighted by Gasteiger charge is 2.20. The minimum atomic E-state index is -3.26. The van der Waals surface area contributed by atoms with Gasteiger partial charge in [0.05, 0.1) is 16.3 Å². The molecule has 156 valence electrons. The van der Waals surface area contributed by atoms with E-state index in [1.54, 1.807) is 25.1 Å². The molecule has 3 rings (SSSR count). The molecule has 8 heteroatoms. The molecule has 1 aromatic carbocycles. The molecule has 0 spiro atoms. The Labute approximate surface area is 171 Å². The van der Waals surface area contributed by atoms with Crippen LogP contribution in [0.2, 0.25) is 0 Å². The number of nitrogens with one attached hydrogen (secondary N) is 1. The van der Waals surface area contributed by atoms with E-state index in [1.807, 2.05) is 24.3 Å². The number of pyridine rings is 1. The third-order valence-corrected chi connectivity index (χ3v) is 7.10. The van der Waals surface area contributed by atoms with Crippen LogP contribution in [-0.4, -0.2) is 50.0 Å². The molecule has 1 aliphatic rings. The number of carboxylic acid groups (broad SMARTS) is 1. The van der Waals surface area contributed by atoms with E-state index in [1.165, 1.54) is 0 Å². The lowest BCUT2D eigenvalue weighted by Crippen LogP contribution is -2.35.